The summed E-state index contributed by atoms with van der Waals surface area (Å²) in [5.41, 5.74) is 0.848. The quantitative estimate of drug-likeness (QED) is 0.501. The lowest BCUT2D eigenvalue weighted by Gasteiger charge is -2.16. The smallest absolute Gasteiger partial charge is 0.326 e. The molecule has 0 aliphatic rings. The van der Waals surface area contributed by atoms with Crippen molar-refractivity contribution in [2.24, 2.45) is 5.92 Å². The van der Waals surface area contributed by atoms with Crippen molar-refractivity contribution in [1.29, 1.82) is 5.26 Å². The molecule has 6 nitrogen and oxygen atoms in total. The fraction of sp³-hybridized carbons (Fsp3) is 0.353. The molecule has 0 spiro atoms. The van der Waals surface area contributed by atoms with Crippen LogP contribution in [0.15, 0.2) is 42.1 Å². The summed E-state index contributed by atoms with van der Waals surface area (Å²) in [6.07, 6.45) is 1.61. The minimum absolute atomic E-state index is 0.113. The molecule has 1 aromatic carbocycles. The van der Waals surface area contributed by atoms with E-state index in [-0.39, 0.29) is 11.5 Å². The SMILES string of the molecule is CC(C)CC(NC(=O)/C(C#N)=C\NCc1ccccc1)C(=O)O. The lowest BCUT2D eigenvalue weighted by molar-refractivity contribution is -0.141. The van der Waals surface area contributed by atoms with Gasteiger partial charge in [0.15, 0.2) is 0 Å². The molecule has 0 aliphatic carbocycles. The van der Waals surface area contributed by atoms with E-state index in [0.717, 1.165) is 5.56 Å². The van der Waals surface area contributed by atoms with Crippen LogP contribution in [0, 0.1) is 17.2 Å². The standard InChI is InChI=1S/C17H21N3O3/c1-12(2)8-15(17(22)23)20-16(21)14(9-18)11-19-10-13-6-4-3-5-7-13/h3-7,11-12,15,19H,8,10H2,1-2H3,(H,20,21)(H,22,23)/b14-11-. The number of rotatable bonds is 8. The van der Waals surface area contributed by atoms with E-state index in [1.54, 1.807) is 6.07 Å². The average molecular weight is 315 g/mol. The molecule has 0 aromatic heterocycles. The molecular weight excluding hydrogens is 294 g/mol. The summed E-state index contributed by atoms with van der Waals surface area (Å²) in [4.78, 5) is 23.2. The van der Waals surface area contributed by atoms with E-state index < -0.39 is 17.9 Å². The van der Waals surface area contributed by atoms with Gasteiger partial charge in [0.1, 0.15) is 17.7 Å². The number of aliphatic carboxylic acids is 1. The molecule has 0 heterocycles. The van der Waals surface area contributed by atoms with Crippen molar-refractivity contribution in [3.8, 4) is 6.07 Å². The lowest BCUT2D eigenvalue weighted by Crippen LogP contribution is -2.42. The van der Waals surface area contributed by atoms with E-state index in [1.807, 2.05) is 44.2 Å². The lowest BCUT2D eigenvalue weighted by atomic mass is 10.0. The largest absolute Gasteiger partial charge is 0.480 e. The monoisotopic (exact) mass is 315 g/mol. The Labute approximate surface area is 135 Å². The van der Waals surface area contributed by atoms with Gasteiger partial charge in [0.05, 0.1) is 0 Å². The average Bonchev–Trinajstić information content (AvgIpc) is 2.51. The number of amides is 1. The topological polar surface area (TPSA) is 102 Å². The van der Waals surface area contributed by atoms with Gasteiger partial charge in [0.2, 0.25) is 0 Å². The molecule has 1 unspecified atom stereocenters. The summed E-state index contributed by atoms with van der Waals surface area (Å²) < 4.78 is 0. The fourth-order valence-corrected chi connectivity index (χ4v) is 1.94. The van der Waals surface area contributed by atoms with Gasteiger partial charge < -0.3 is 15.7 Å². The van der Waals surface area contributed by atoms with E-state index in [2.05, 4.69) is 10.6 Å². The summed E-state index contributed by atoms with van der Waals surface area (Å²) in [5.74, 6) is -1.69. The minimum atomic E-state index is -1.11. The third kappa shape index (κ3) is 6.66. The van der Waals surface area contributed by atoms with Crippen LogP contribution in [0.3, 0.4) is 0 Å². The zero-order valence-corrected chi connectivity index (χ0v) is 13.2. The van der Waals surface area contributed by atoms with E-state index in [0.29, 0.717) is 13.0 Å². The van der Waals surface area contributed by atoms with Crippen LogP contribution in [0.25, 0.3) is 0 Å². The first-order chi connectivity index (χ1) is 10.9. The molecule has 6 heteroatoms. The molecule has 0 bridgehead atoms. The van der Waals surface area contributed by atoms with Crippen LogP contribution in [0.1, 0.15) is 25.8 Å². The number of benzene rings is 1. The van der Waals surface area contributed by atoms with Crippen molar-refractivity contribution in [2.45, 2.75) is 32.9 Å². The number of carbonyl (C=O) groups is 2. The van der Waals surface area contributed by atoms with Gasteiger partial charge in [-0.1, -0.05) is 44.2 Å². The third-order valence-electron chi connectivity index (χ3n) is 3.07. The summed E-state index contributed by atoms with van der Waals surface area (Å²) in [6, 6.07) is 10.3. The van der Waals surface area contributed by atoms with Gasteiger partial charge in [-0.15, -0.1) is 0 Å². The Morgan fingerprint density at radius 1 is 1.30 bits per heavy atom. The van der Waals surface area contributed by atoms with Gasteiger partial charge in [-0.3, -0.25) is 4.79 Å². The highest BCUT2D eigenvalue weighted by Crippen LogP contribution is 2.06. The second kappa shape index (κ2) is 9.26. The second-order valence-corrected chi connectivity index (χ2v) is 5.53. The molecule has 1 amide bonds. The van der Waals surface area contributed by atoms with E-state index in [4.69, 9.17) is 10.4 Å². The number of carboxylic acid groups (broad SMARTS) is 1. The number of carbonyl (C=O) groups excluding carboxylic acids is 1. The molecule has 1 atom stereocenters. The van der Waals surface area contributed by atoms with Crippen LogP contribution in [0.2, 0.25) is 0 Å². The summed E-state index contributed by atoms with van der Waals surface area (Å²) >= 11 is 0. The Kier molecular flexibility index (Phi) is 7.34. The minimum Gasteiger partial charge on any atom is -0.480 e. The first-order valence-electron chi connectivity index (χ1n) is 7.35. The van der Waals surface area contributed by atoms with Crippen LogP contribution in [-0.4, -0.2) is 23.0 Å². The number of nitriles is 1. The predicted molar refractivity (Wildman–Crippen MR) is 86.0 cm³/mol. The van der Waals surface area contributed by atoms with Crippen LogP contribution in [0.4, 0.5) is 0 Å². The Morgan fingerprint density at radius 2 is 1.96 bits per heavy atom. The molecule has 0 radical (unpaired) electrons. The highest BCUT2D eigenvalue weighted by Gasteiger charge is 2.22. The number of carboxylic acids is 1. The second-order valence-electron chi connectivity index (χ2n) is 5.53. The molecule has 122 valence electrons. The maximum Gasteiger partial charge on any atom is 0.326 e. The zero-order valence-electron chi connectivity index (χ0n) is 13.2. The first-order valence-corrected chi connectivity index (χ1v) is 7.35. The first kappa shape index (κ1) is 18.2. The number of hydrogen-bond acceptors (Lipinski definition) is 4. The molecule has 23 heavy (non-hydrogen) atoms. The molecule has 1 aromatic rings. The van der Waals surface area contributed by atoms with Crippen molar-refractivity contribution in [3.63, 3.8) is 0 Å². The van der Waals surface area contributed by atoms with E-state index in [9.17, 15) is 9.59 Å². The van der Waals surface area contributed by atoms with Gasteiger partial charge in [-0.05, 0) is 17.9 Å². The van der Waals surface area contributed by atoms with Crippen LogP contribution >= 0.6 is 0 Å². The molecule has 3 N–H and O–H groups in total. The molecule has 0 aliphatic heterocycles. The number of hydrogen-bond donors (Lipinski definition) is 3. The fourth-order valence-electron chi connectivity index (χ4n) is 1.94. The van der Waals surface area contributed by atoms with Crippen molar-refractivity contribution >= 4 is 11.9 Å². The van der Waals surface area contributed by atoms with Crippen molar-refractivity contribution in [1.82, 2.24) is 10.6 Å². The maximum atomic E-state index is 12.0. The van der Waals surface area contributed by atoms with Crippen LogP contribution in [0.5, 0.6) is 0 Å². The van der Waals surface area contributed by atoms with Crippen molar-refractivity contribution < 1.29 is 14.7 Å². The van der Waals surface area contributed by atoms with E-state index in [1.165, 1.54) is 6.20 Å². The summed E-state index contributed by atoms with van der Waals surface area (Å²) in [7, 11) is 0. The van der Waals surface area contributed by atoms with Gasteiger partial charge in [-0.25, -0.2) is 4.79 Å². The summed E-state index contributed by atoms with van der Waals surface area (Å²) in [5, 5.41) is 23.4. The Bertz CT molecular complexity index is 603. The number of nitrogens with zero attached hydrogens (tertiary/aromatic N) is 1. The van der Waals surface area contributed by atoms with Gasteiger partial charge in [0.25, 0.3) is 5.91 Å². The van der Waals surface area contributed by atoms with Crippen LogP contribution in [-0.2, 0) is 16.1 Å². The normalized spacial score (nSPS) is 12.3. The highest BCUT2D eigenvalue weighted by molar-refractivity contribution is 5.99. The highest BCUT2D eigenvalue weighted by atomic mass is 16.4. The Morgan fingerprint density at radius 3 is 2.48 bits per heavy atom. The van der Waals surface area contributed by atoms with Crippen molar-refractivity contribution in [2.75, 3.05) is 0 Å². The molecular formula is C17H21N3O3. The molecule has 0 saturated carbocycles. The van der Waals surface area contributed by atoms with Gasteiger partial charge in [-0.2, -0.15) is 5.26 Å². The zero-order chi connectivity index (χ0) is 17.2. The van der Waals surface area contributed by atoms with Gasteiger partial charge in [0, 0.05) is 12.7 Å². The molecule has 0 saturated heterocycles. The van der Waals surface area contributed by atoms with Crippen molar-refractivity contribution in [3.05, 3.63) is 47.7 Å². The van der Waals surface area contributed by atoms with E-state index >= 15 is 0 Å². The third-order valence-corrected chi connectivity index (χ3v) is 3.07. The number of nitrogens with one attached hydrogen (secondary N) is 2. The molecule has 1 rings (SSSR count). The van der Waals surface area contributed by atoms with Gasteiger partial charge >= 0.3 is 5.97 Å². The predicted octanol–water partition coefficient (Wildman–Crippen LogP) is 1.80. The summed E-state index contributed by atoms with van der Waals surface area (Å²) in [6.45, 7) is 4.20. The van der Waals surface area contributed by atoms with Crippen LogP contribution < -0.4 is 10.6 Å². The Balaban J connectivity index is 2.64. The maximum absolute atomic E-state index is 12.0. The molecule has 0 fully saturated rings. The Hall–Kier alpha value is -2.81.